The molecular weight excluding hydrogens is 296 g/mol. The second-order valence-electron chi connectivity index (χ2n) is 4.68. The normalized spacial score (nSPS) is 10.5. The molecule has 6 heteroatoms. The fourth-order valence-electron chi connectivity index (χ4n) is 2.05. The van der Waals surface area contributed by atoms with Crippen molar-refractivity contribution in [1.29, 1.82) is 0 Å². The van der Waals surface area contributed by atoms with Crippen LogP contribution in [0.4, 0.5) is 5.69 Å². The largest absolute Gasteiger partial charge is 0.496 e. The summed E-state index contributed by atoms with van der Waals surface area (Å²) < 4.78 is 5.20. The Hall–Kier alpha value is -3.15. The van der Waals surface area contributed by atoms with E-state index in [9.17, 15) is 14.9 Å². The van der Waals surface area contributed by atoms with Crippen LogP contribution in [-0.2, 0) is 11.3 Å². The molecule has 0 spiro atoms. The maximum atomic E-state index is 11.9. The summed E-state index contributed by atoms with van der Waals surface area (Å²) in [5.41, 5.74) is 1.19. The third-order valence-corrected chi connectivity index (χ3v) is 3.19. The topological polar surface area (TPSA) is 81.5 Å². The summed E-state index contributed by atoms with van der Waals surface area (Å²) in [7, 11) is 1.56. The molecular formula is C17H16N2O4. The van der Waals surface area contributed by atoms with Crippen LogP contribution in [0.2, 0.25) is 0 Å². The summed E-state index contributed by atoms with van der Waals surface area (Å²) in [5, 5.41) is 13.6. The third kappa shape index (κ3) is 4.41. The SMILES string of the molecule is COc1ccccc1CNC(=O)/C=C/c1ccccc1[N+](=O)[O-]. The molecule has 2 aromatic rings. The van der Waals surface area contributed by atoms with Crippen molar-refractivity contribution >= 4 is 17.7 Å². The first-order chi connectivity index (χ1) is 11.1. The van der Waals surface area contributed by atoms with E-state index >= 15 is 0 Å². The molecule has 0 saturated carbocycles. The van der Waals surface area contributed by atoms with Gasteiger partial charge in [-0.25, -0.2) is 0 Å². The van der Waals surface area contributed by atoms with Crippen LogP contribution >= 0.6 is 0 Å². The number of hydrogen-bond acceptors (Lipinski definition) is 4. The fourth-order valence-corrected chi connectivity index (χ4v) is 2.05. The van der Waals surface area contributed by atoms with Crippen molar-refractivity contribution < 1.29 is 14.5 Å². The van der Waals surface area contributed by atoms with Crippen molar-refractivity contribution in [3.8, 4) is 5.75 Å². The van der Waals surface area contributed by atoms with Crippen molar-refractivity contribution in [2.45, 2.75) is 6.54 Å². The number of nitrogens with zero attached hydrogens (tertiary/aromatic N) is 1. The minimum atomic E-state index is -0.480. The highest BCUT2D eigenvalue weighted by Crippen LogP contribution is 2.19. The first-order valence-corrected chi connectivity index (χ1v) is 6.93. The molecule has 23 heavy (non-hydrogen) atoms. The van der Waals surface area contributed by atoms with Crippen LogP contribution in [0.25, 0.3) is 6.08 Å². The summed E-state index contributed by atoms with van der Waals surface area (Å²) >= 11 is 0. The molecule has 0 unspecified atom stereocenters. The zero-order chi connectivity index (χ0) is 16.7. The van der Waals surface area contributed by atoms with Crippen molar-refractivity contribution in [3.05, 3.63) is 75.8 Å². The van der Waals surface area contributed by atoms with Gasteiger partial charge in [-0.1, -0.05) is 30.3 Å². The number of methoxy groups -OCH3 is 1. The molecule has 0 saturated heterocycles. The Balaban J connectivity index is 2.01. The summed E-state index contributed by atoms with van der Waals surface area (Å²) in [5.74, 6) is 0.351. The van der Waals surface area contributed by atoms with Crippen LogP contribution in [-0.4, -0.2) is 17.9 Å². The summed E-state index contributed by atoms with van der Waals surface area (Å²) in [6.07, 6.45) is 2.70. The van der Waals surface area contributed by atoms with Crippen molar-refractivity contribution in [2.75, 3.05) is 7.11 Å². The lowest BCUT2D eigenvalue weighted by Gasteiger charge is -2.08. The van der Waals surface area contributed by atoms with Gasteiger partial charge in [-0.05, 0) is 18.2 Å². The Morgan fingerprint density at radius 3 is 2.65 bits per heavy atom. The minimum Gasteiger partial charge on any atom is -0.496 e. The summed E-state index contributed by atoms with van der Waals surface area (Å²) in [4.78, 5) is 22.3. The average Bonchev–Trinajstić information content (AvgIpc) is 2.58. The molecule has 0 atom stereocenters. The number of amides is 1. The molecule has 0 aliphatic rings. The highest BCUT2D eigenvalue weighted by molar-refractivity contribution is 5.92. The highest BCUT2D eigenvalue weighted by Gasteiger charge is 2.09. The van der Waals surface area contributed by atoms with E-state index in [-0.39, 0.29) is 11.6 Å². The highest BCUT2D eigenvalue weighted by atomic mass is 16.6. The standard InChI is InChI=1S/C17H16N2O4/c1-23-16-9-5-3-7-14(16)12-18-17(20)11-10-13-6-2-4-8-15(13)19(21)22/h2-11H,12H2,1H3,(H,18,20)/b11-10+. The number of rotatable bonds is 6. The van der Waals surface area contributed by atoms with E-state index in [2.05, 4.69) is 5.32 Å². The number of nitro benzene ring substituents is 1. The number of hydrogen-bond donors (Lipinski definition) is 1. The van der Waals surface area contributed by atoms with E-state index in [4.69, 9.17) is 4.74 Å². The predicted molar refractivity (Wildman–Crippen MR) is 87.0 cm³/mol. The minimum absolute atomic E-state index is 0.0405. The third-order valence-electron chi connectivity index (χ3n) is 3.19. The average molecular weight is 312 g/mol. The number of benzene rings is 2. The van der Waals surface area contributed by atoms with Gasteiger partial charge in [-0.15, -0.1) is 0 Å². The van der Waals surface area contributed by atoms with Crippen molar-refractivity contribution in [2.24, 2.45) is 0 Å². The number of carbonyl (C=O) groups excluding carboxylic acids is 1. The smallest absolute Gasteiger partial charge is 0.276 e. The van der Waals surface area contributed by atoms with Crippen LogP contribution in [0, 0.1) is 10.1 Å². The molecule has 6 nitrogen and oxygen atoms in total. The summed E-state index contributed by atoms with van der Waals surface area (Å²) in [6, 6.07) is 13.6. The Morgan fingerprint density at radius 2 is 1.91 bits per heavy atom. The van der Waals surface area contributed by atoms with Crippen molar-refractivity contribution in [3.63, 3.8) is 0 Å². The number of para-hydroxylation sites is 2. The van der Waals surface area contributed by atoms with E-state index in [0.29, 0.717) is 17.9 Å². The van der Waals surface area contributed by atoms with Crippen LogP contribution in [0.5, 0.6) is 5.75 Å². The van der Waals surface area contributed by atoms with Gasteiger partial charge in [0, 0.05) is 24.3 Å². The predicted octanol–water partition coefficient (Wildman–Crippen LogP) is 2.93. The lowest BCUT2D eigenvalue weighted by atomic mass is 10.1. The van der Waals surface area contributed by atoms with Gasteiger partial charge in [0.05, 0.1) is 17.6 Å². The second-order valence-corrected chi connectivity index (χ2v) is 4.68. The zero-order valence-electron chi connectivity index (χ0n) is 12.6. The first kappa shape index (κ1) is 16.2. The second kappa shape index (κ2) is 7.74. The molecule has 0 aromatic heterocycles. The molecule has 0 bridgehead atoms. The molecule has 2 aromatic carbocycles. The molecule has 0 aliphatic heterocycles. The van der Waals surface area contributed by atoms with Gasteiger partial charge in [0.25, 0.3) is 5.69 Å². The van der Waals surface area contributed by atoms with Crippen LogP contribution in [0.3, 0.4) is 0 Å². The summed E-state index contributed by atoms with van der Waals surface area (Å²) in [6.45, 7) is 0.310. The number of ether oxygens (including phenoxy) is 1. The van der Waals surface area contributed by atoms with Crippen LogP contribution < -0.4 is 10.1 Å². The number of nitro groups is 1. The van der Waals surface area contributed by atoms with Gasteiger partial charge in [-0.2, -0.15) is 0 Å². The Morgan fingerprint density at radius 1 is 1.22 bits per heavy atom. The lowest BCUT2D eigenvalue weighted by Crippen LogP contribution is -2.20. The quantitative estimate of drug-likeness (QED) is 0.505. The Bertz CT molecular complexity index is 741. The van der Waals surface area contributed by atoms with Gasteiger partial charge in [0.15, 0.2) is 0 Å². The Labute approximate surface area is 133 Å². The molecule has 1 amide bonds. The molecule has 1 N–H and O–H groups in total. The maximum absolute atomic E-state index is 11.9. The first-order valence-electron chi connectivity index (χ1n) is 6.93. The van der Waals surface area contributed by atoms with E-state index in [1.165, 1.54) is 18.2 Å². The van der Waals surface area contributed by atoms with Gasteiger partial charge < -0.3 is 10.1 Å². The van der Waals surface area contributed by atoms with E-state index in [1.807, 2.05) is 24.3 Å². The van der Waals surface area contributed by atoms with Crippen LogP contribution in [0.15, 0.2) is 54.6 Å². The fraction of sp³-hybridized carbons (Fsp3) is 0.118. The molecule has 0 fully saturated rings. The number of carbonyl (C=O) groups is 1. The molecule has 0 radical (unpaired) electrons. The lowest BCUT2D eigenvalue weighted by molar-refractivity contribution is -0.385. The van der Waals surface area contributed by atoms with Gasteiger partial charge in [0.2, 0.25) is 5.91 Å². The van der Waals surface area contributed by atoms with Gasteiger partial charge >= 0.3 is 0 Å². The molecule has 0 heterocycles. The van der Waals surface area contributed by atoms with E-state index in [1.54, 1.807) is 25.3 Å². The van der Waals surface area contributed by atoms with Crippen LogP contribution in [0.1, 0.15) is 11.1 Å². The van der Waals surface area contributed by atoms with Gasteiger partial charge in [0.1, 0.15) is 5.75 Å². The van der Waals surface area contributed by atoms with Crippen molar-refractivity contribution in [1.82, 2.24) is 5.32 Å². The molecule has 118 valence electrons. The molecule has 0 aliphatic carbocycles. The maximum Gasteiger partial charge on any atom is 0.276 e. The Kier molecular flexibility index (Phi) is 5.46. The zero-order valence-corrected chi connectivity index (χ0v) is 12.6. The molecule has 2 rings (SSSR count). The monoisotopic (exact) mass is 312 g/mol. The van der Waals surface area contributed by atoms with E-state index in [0.717, 1.165) is 5.56 Å². The van der Waals surface area contributed by atoms with Gasteiger partial charge in [-0.3, -0.25) is 14.9 Å². The van der Waals surface area contributed by atoms with E-state index < -0.39 is 4.92 Å². The number of nitrogens with one attached hydrogen (secondary N) is 1.